The zero-order valence-corrected chi connectivity index (χ0v) is 18.8. The standard InChI is InChI=1S/C21H19N3O6.Al.ClH/c22-20(23)14-2-1-13-10-15(4-3-12(13)9-14)30-21(28)17-6-5-16(29-17)11-24-18(25)7-8-19(26)27;;/h1-6,9-10H,7-8,11H2,(H3,22,23)(H,24,25)(H,26,27);;1H. The molecule has 9 nitrogen and oxygen atoms in total. The molecule has 0 atom stereocenters. The van der Waals surface area contributed by atoms with Crippen LogP contribution >= 0.6 is 12.4 Å². The Morgan fingerprint density at radius 1 is 1.03 bits per heavy atom. The molecule has 1 aromatic heterocycles. The van der Waals surface area contributed by atoms with Crippen molar-refractivity contribution in [3.05, 3.63) is 65.6 Å². The molecule has 32 heavy (non-hydrogen) atoms. The summed E-state index contributed by atoms with van der Waals surface area (Å²) in [7, 11) is 0. The van der Waals surface area contributed by atoms with E-state index in [-0.39, 0.29) is 60.8 Å². The molecule has 0 bridgehead atoms. The number of rotatable bonds is 8. The number of amidine groups is 1. The molecule has 0 saturated carbocycles. The van der Waals surface area contributed by atoms with Crippen LogP contribution in [0.5, 0.6) is 5.75 Å². The van der Waals surface area contributed by atoms with Crippen LogP contribution in [0.4, 0.5) is 0 Å². The molecule has 1 amide bonds. The van der Waals surface area contributed by atoms with Gasteiger partial charge in [-0.1, -0.05) is 18.2 Å². The Morgan fingerprint density at radius 2 is 1.72 bits per heavy atom. The number of aliphatic carboxylic acids is 1. The van der Waals surface area contributed by atoms with Crippen molar-refractivity contribution in [1.29, 1.82) is 5.41 Å². The Balaban J connectivity index is 0.00000256. The van der Waals surface area contributed by atoms with Gasteiger partial charge in [0.2, 0.25) is 11.7 Å². The van der Waals surface area contributed by atoms with Crippen molar-refractivity contribution in [3.8, 4) is 5.75 Å². The molecule has 0 aliphatic heterocycles. The Morgan fingerprint density at radius 3 is 2.41 bits per heavy atom. The lowest BCUT2D eigenvalue weighted by Gasteiger charge is -2.06. The third kappa shape index (κ3) is 7.13. The maximum atomic E-state index is 12.3. The second-order valence-electron chi connectivity index (χ2n) is 6.46. The van der Waals surface area contributed by atoms with Gasteiger partial charge in [-0.25, -0.2) is 4.79 Å². The topological polar surface area (TPSA) is 156 Å². The number of amides is 1. The number of halogens is 1. The van der Waals surface area contributed by atoms with Crippen LogP contribution in [0.25, 0.3) is 10.8 Å². The van der Waals surface area contributed by atoms with Gasteiger partial charge in [0.25, 0.3) is 0 Å². The fraction of sp³-hybridized carbons (Fsp3) is 0.143. The number of nitrogen functional groups attached to an aromatic ring is 1. The summed E-state index contributed by atoms with van der Waals surface area (Å²) in [6.45, 7) is 0.0280. The second kappa shape index (κ2) is 11.9. The highest BCUT2D eigenvalue weighted by atomic mass is 35.5. The van der Waals surface area contributed by atoms with Crippen molar-refractivity contribution in [2.75, 3.05) is 0 Å². The number of hydrogen-bond acceptors (Lipinski definition) is 6. The maximum Gasteiger partial charge on any atom is 0.379 e. The monoisotopic (exact) mass is 472 g/mol. The molecular formula is C21H20AlClN3O6. The summed E-state index contributed by atoms with van der Waals surface area (Å²) in [6, 6.07) is 13.3. The van der Waals surface area contributed by atoms with E-state index in [0.29, 0.717) is 17.1 Å². The number of benzene rings is 2. The molecule has 0 aliphatic carbocycles. The van der Waals surface area contributed by atoms with Crippen LogP contribution in [0, 0.1) is 5.41 Å². The molecule has 5 N–H and O–H groups in total. The number of fused-ring (bicyclic) bond motifs is 1. The maximum absolute atomic E-state index is 12.3. The number of carbonyl (C=O) groups excluding carboxylic acids is 2. The summed E-state index contributed by atoms with van der Waals surface area (Å²) >= 11 is 0. The molecular weight excluding hydrogens is 453 g/mol. The van der Waals surface area contributed by atoms with Crippen LogP contribution in [0.2, 0.25) is 0 Å². The normalized spacial score (nSPS) is 9.88. The van der Waals surface area contributed by atoms with Gasteiger partial charge in [-0.15, -0.1) is 12.4 Å². The fourth-order valence-electron chi connectivity index (χ4n) is 2.69. The summed E-state index contributed by atoms with van der Waals surface area (Å²) in [4.78, 5) is 34.3. The van der Waals surface area contributed by atoms with Crippen molar-refractivity contribution >= 4 is 64.2 Å². The van der Waals surface area contributed by atoms with Crippen molar-refractivity contribution in [3.63, 3.8) is 0 Å². The molecule has 0 aliphatic rings. The first-order chi connectivity index (χ1) is 14.3. The molecule has 3 aromatic rings. The minimum absolute atomic E-state index is 0. The van der Waals surface area contributed by atoms with E-state index in [4.69, 9.17) is 25.4 Å². The first kappa shape index (κ1) is 26.7. The van der Waals surface area contributed by atoms with Crippen LogP contribution < -0.4 is 15.8 Å². The summed E-state index contributed by atoms with van der Waals surface area (Å²) in [5.74, 6) is -1.58. The van der Waals surface area contributed by atoms with Crippen molar-refractivity contribution < 1.29 is 28.6 Å². The first-order valence-corrected chi connectivity index (χ1v) is 8.99. The van der Waals surface area contributed by atoms with E-state index in [0.717, 1.165) is 10.8 Å². The van der Waals surface area contributed by atoms with Gasteiger partial charge in [-0.3, -0.25) is 15.0 Å². The number of nitrogens with two attached hydrogens (primary N) is 1. The predicted molar refractivity (Wildman–Crippen MR) is 120 cm³/mol. The lowest BCUT2D eigenvalue weighted by molar-refractivity contribution is -0.138. The van der Waals surface area contributed by atoms with Crippen molar-refractivity contribution in [2.45, 2.75) is 19.4 Å². The number of esters is 1. The van der Waals surface area contributed by atoms with E-state index in [1.54, 1.807) is 36.4 Å². The second-order valence-corrected chi connectivity index (χ2v) is 6.46. The minimum atomic E-state index is -1.05. The van der Waals surface area contributed by atoms with Gasteiger partial charge in [-0.05, 0) is 41.1 Å². The van der Waals surface area contributed by atoms with E-state index in [1.165, 1.54) is 12.1 Å². The van der Waals surface area contributed by atoms with Gasteiger partial charge in [0.05, 0.1) is 13.0 Å². The lowest BCUT2D eigenvalue weighted by atomic mass is 10.1. The summed E-state index contributed by atoms with van der Waals surface area (Å²) in [6.07, 6.45) is -0.399. The predicted octanol–water partition coefficient (Wildman–Crippen LogP) is 2.46. The first-order valence-electron chi connectivity index (χ1n) is 8.99. The van der Waals surface area contributed by atoms with Crippen molar-refractivity contribution in [1.82, 2.24) is 5.32 Å². The van der Waals surface area contributed by atoms with Gasteiger partial charge >= 0.3 is 11.9 Å². The molecule has 1 heterocycles. The number of hydrogen-bond donors (Lipinski definition) is 4. The molecule has 11 heteroatoms. The minimum Gasteiger partial charge on any atom is -0.481 e. The van der Waals surface area contributed by atoms with Gasteiger partial charge in [0, 0.05) is 29.3 Å². The number of carboxylic acids is 1. The number of carbonyl (C=O) groups is 3. The average Bonchev–Trinajstić information content (AvgIpc) is 3.19. The Bertz CT molecular complexity index is 1150. The Hall–Kier alpha value is -3.32. The number of furan rings is 1. The zero-order chi connectivity index (χ0) is 21.7. The molecule has 0 unspecified atom stereocenters. The zero-order valence-electron chi connectivity index (χ0n) is 16.8. The van der Waals surface area contributed by atoms with E-state index in [9.17, 15) is 14.4 Å². The third-order valence-corrected chi connectivity index (χ3v) is 4.22. The van der Waals surface area contributed by atoms with Gasteiger partial charge in [-0.2, -0.15) is 0 Å². The fourth-order valence-corrected chi connectivity index (χ4v) is 2.69. The van der Waals surface area contributed by atoms with Gasteiger partial charge < -0.3 is 25.3 Å². The quantitative estimate of drug-likeness (QED) is 0.129. The largest absolute Gasteiger partial charge is 0.481 e. The number of ether oxygens (including phenoxy) is 1. The van der Waals surface area contributed by atoms with Gasteiger partial charge in [0.1, 0.15) is 17.3 Å². The van der Waals surface area contributed by atoms with Gasteiger partial charge in [0.15, 0.2) is 0 Å². The van der Waals surface area contributed by atoms with Crippen LogP contribution in [0.3, 0.4) is 0 Å². The SMILES string of the molecule is Cl.N=C(N)c1ccc2cc(OC(=O)c3ccc(CNC(=O)CCC(=O)O)o3)ccc2c1.[Al]. The summed E-state index contributed by atoms with van der Waals surface area (Å²) < 4.78 is 10.7. The Labute approximate surface area is 200 Å². The third-order valence-electron chi connectivity index (χ3n) is 4.22. The molecule has 0 fully saturated rings. The average molecular weight is 473 g/mol. The summed E-state index contributed by atoms with van der Waals surface area (Å²) in [5.41, 5.74) is 6.09. The number of carboxylic acid groups (broad SMARTS) is 1. The molecule has 3 radical (unpaired) electrons. The molecule has 2 aromatic carbocycles. The van der Waals surface area contributed by atoms with Crippen LogP contribution in [-0.2, 0) is 16.1 Å². The Kier molecular flexibility index (Phi) is 9.94. The van der Waals surface area contributed by atoms with Crippen LogP contribution in [-0.4, -0.2) is 46.1 Å². The van der Waals surface area contributed by atoms with Crippen molar-refractivity contribution in [2.24, 2.45) is 5.73 Å². The molecule has 165 valence electrons. The molecule has 0 spiro atoms. The van der Waals surface area contributed by atoms with E-state index < -0.39 is 17.8 Å². The smallest absolute Gasteiger partial charge is 0.379 e. The molecule has 0 saturated heterocycles. The highest BCUT2D eigenvalue weighted by Crippen LogP contribution is 2.23. The highest BCUT2D eigenvalue weighted by molar-refractivity contribution is 5.99. The van der Waals surface area contributed by atoms with E-state index in [2.05, 4.69) is 5.32 Å². The highest BCUT2D eigenvalue weighted by Gasteiger charge is 2.15. The summed E-state index contributed by atoms with van der Waals surface area (Å²) in [5, 5.41) is 20.2. The molecule has 3 rings (SSSR count). The van der Waals surface area contributed by atoms with E-state index in [1.807, 2.05) is 0 Å². The van der Waals surface area contributed by atoms with E-state index >= 15 is 0 Å². The number of nitrogens with one attached hydrogen (secondary N) is 2. The lowest BCUT2D eigenvalue weighted by Crippen LogP contribution is -2.23. The van der Waals surface area contributed by atoms with Crippen LogP contribution in [0.15, 0.2) is 52.9 Å². The van der Waals surface area contributed by atoms with Crippen LogP contribution in [0.1, 0.15) is 34.7 Å².